The topological polar surface area (TPSA) is 12.4 Å². The van der Waals surface area contributed by atoms with Crippen LogP contribution in [0.25, 0.3) is 0 Å². The second-order valence-electron chi connectivity index (χ2n) is 2.46. The molecule has 0 amide bonds. The Morgan fingerprint density at radius 3 is 1.62 bits per heavy atom. The molecule has 50 valence electrons. The van der Waals surface area contributed by atoms with E-state index in [9.17, 15) is 7.77 Å². The molecule has 0 bridgehead atoms. The van der Waals surface area contributed by atoms with E-state index in [1.165, 1.54) is 0 Å². The summed E-state index contributed by atoms with van der Waals surface area (Å²) < 4.78 is 25.9. The Labute approximate surface area is 50.8 Å². The van der Waals surface area contributed by atoms with Gasteiger partial charge in [0.25, 0.3) is 11.5 Å². The van der Waals surface area contributed by atoms with Crippen molar-refractivity contribution in [2.75, 3.05) is 0 Å². The van der Waals surface area contributed by atoms with E-state index in [-0.39, 0.29) is 0 Å². The van der Waals surface area contributed by atoms with Crippen LogP contribution in [0.4, 0.5) is 7.77 Å². The van der Waals surface area contributed by atoms with Crippen LogP contribution in [0, 0.1) is 0 Å². The molecular formula is C4H9F2NS. The van der Waals surface area contributed by atoms with Crippen molar-refractivity contribution in [1.82, 2.24) is 0 Å². The van der Waals surface area contributed by atoms with E-state index >= 15 is 0 Å². The molecule has 4 heteroatoms. The van der Waals surface area contributed by atoms with Crippen molar-refractivity contribution in [1.29, 1.82) is 0 Å². The average molecular weight is 141 g/mol. The van der Waals surface area contributed by atoms with Crippen molar-refractivity contribution in [2.45, 2.75) is 26.3 Å². The van der Waals surface area contributed by atoms with Gasteiger partial charge in [-0.3, -0.25) is 0 Å². The van der Waals surface area contributed by atoms with Gasteiger partial charge in [-0.1, -0.05) is 0 Å². The highest BCUT2D eigenvalue weighted by molar-refractivity contribution is 7.76. The second-order valence-corrected chi connectivity index (χ2v) is 3.03. The van der Waals surface area contributed by atoms with Crippen molar-refractivity contribution in [3.8, 4) is 0 Å². The molecule has 0 aromatic rings. The Kier molecular flexibility index (Phi) is 2.53. The van der Waals surface area contributed by atoms with Gasteiger partial charge in [0, 0.05) is 0 Å². The van der Waals surface area contributed by atoms with Gasteiger partial charge >= 0.3 is 0 Å². The van der Waals surface area contributed by atoms with E-state index in [0.717, 1.165) is 0 Å². The van der Waals surface area contributed by atoms with Crippen LogP contribution in [-0.2, 0) is 11.5 Å². The van der Waals surface area contributed by atoms with Gasteiger partial charge in [-0.2, -0.15) is 0 Å². The second kappa shape index (κ2) is 2.53. The predicted octanol–water partition coefficient (Wildman–Crippen LogP) is 2.36. The van der Waals surface area contributed by atoms with E-state index in [1.54, 1.807) is 20.8 Å². The van der Waals surface area contributed by atoms with Gasteiger partial charge in [-0.05, 0) is 20.8 Å². The summed E-state index contributed by atoms with van der Waals surface area (Å²) in [5, 5.41) is 0. The van der Waals surface area contributed by atoms with Gasteiger partial charge in [0.15, 0.2) is 0 Å². The molecule has 0 spiro atoms. The predicted molar refractivity (Wildman–Crippen MR) is 31.8 cm³/mol. The van der Waals surface area contributed by atoms with Gasteiger partial charge < -0.3 is 0 Å². The maximum atomic E-state index is 11.4. The molecule has 0 rings (SSSR count). The highest BCUT2D eigenvalue weighted by atomic mass is 32.2. The van der Waals surface area contributed by atoms with Crippen molar-refractivity contribution in [3.63, 3.8) is 0 Å². The van der Waals surface area contributed by atoms with E-state index in [1.807, 2.05) is 0 Å². The lowest BCUT2D eigenvalue weighted by Gasteiger charge is -2.07. The lowest BCUT2D eigenvalue weighted by molar-refractivity contribution is 0.580. The molecule has 0 aliphatic heterocycles. The molecule has 0 saturated heterocycles. The molecule has 0 fully saturated rings. The molecule has 0 heterocycles. The summed E-state index contributed by atoms with van der Waals surface area (Å²) in [6.07, 6.45) is 0. The number of halogens is 2. The molecule has 0 saturated carbocycles. The first-order valence-corrected chi connectivity index (χ1v) is 3.20. The summed E-state index contributed by atoms with van der Waals surface area (Å²) in [5.74, 6) is 0. The summed E-state index contributed by atoms with van der Waals surface area (Å²) in [6, 6.07) is 0. The van der Waals surface area contributed by atoms with Crippen molar-refractivity contribution in [2.24, 2.45) is 4.36 Å². The van der Waals surface area contributed by atoms with Crippen LogP contribution < -0.4 is 0 Å². The number of hydrogen-bond acceptors (Lipinski definition) is 1. The first-order chi connectivity index (χ1) is 3.42. The minimum absolute atomic E-state index is 0.591. The Morgan fingerprint density at radius 1 is 1.25 bits per heavy atom. The van der Waals surface area contributed by atoms with Gasteiger partial charge in [0.05, 0.1) is 5.54 Å². The largest absolute Gasteiger partial charge is 0.262 e. The van der Waals surface area contributed by atoms with Gasteiger partial charge in [0.1, 0.15) is 0 Å². The first-order valence-electron chi connectivity index (χ1n) is 2.21. The highest BCUT2D eigenvalue weighted by Crippen LogP contribution is 2.09. The molecule has 0 aromatic heterocycles. The van der Waals surface area contributed by atoms with E-state index in [4.69, 9.17) is 0 Å². The molecular weight excluding hydrogens is 132 g/mol. The lowest BCUT2D eigenvalue weighted by atomic mass is 10.1. The fourth-order valence-electron chi connectivity index (χ4n) is 0.207. The SMILES string of the molecule is CC(C)(C)N=S(F)F. The molecule has 1 nitrogen and oxygen atoms in total. The smallest absolute Gasteiger partial charge is 0.201 e. The molecule has 0 aliphatic carbocycles. The van der Waals surface area contributed by atoms with Crippen LogP contribution in [0.5, 0.6) is 0 Å². The van der Waals surface area contributed by atoms with Crippen molar-refractivity contribution >= 4 is 11.5 Å². The number of nitrogens with zero attached hydrogens (tertiary/aromatic N) is 1. The quantitative estimate of drug-likeness (QED) is 0.491. The van der Waals surface area contributed by atoms with Crippen molar-refractivity contribution < 1.29 is 7.77 Å². The van der Waals surface area contributed by atoms with E-state index < -0.39 is 17.0 Å². The maximum absolute atomic E-state index is 11.4. The summed E-state index contributed by atoms with van der Waals surface area (Å²) in [7, 11) is 0. The standard InChI is InChI=1S/C4H9F2NS/c1-4(2,3)7-8(5)6/h1-3H3. The zero-order valence-electron chi connectivity index (χ0n) is 5.11. The van der Waals surface area contributed by atoms with Crippen LogP contribution in [0.15, 0.2) is 4.36 Å². The van der Waals surface area contributed by atoms with Crippen LogP contribution in [0.2, 0.25) is 0 Å². The molecule has 0 aromatic carbocycles. The fourth-order valence-corrected chi connectivity index (χ4v) is 0.621. The summed E-state index contributed by atoms with van der Waals surface area (Å²) >= 11 is -2.76. The van der Waals surface area contributed by atoms with Crippen LogP contribution in [0.3, 0.4) is 0 Å². The molecule has 0 aliphatic rings. The summed E-state index contributed by atoms with van der Waals surface area (Å²) in [4.78, 5) is 0. The minimum Gasteiger partial charge on any atom is -0.201 e. The Hall–Kier alpha value is 0.01000. The van der Waals surface area contributed by atoms with Gasteiger partial charge in [-0.15, -0.1) is 7.77 Å². The van der Waals surface area contributed by atoms with E-state index in [2.05, 4.69) is 4.36 Å². The highest BCUT2D eigenvalue weighted by Gasteiger charge is 2.07. The summed E-state index contributed by atoms with van der Waals surface area (Å²) in [6.45, 7) is 4.94. The summed E-state index contributed by atoms with van der Waals surface area (Å²) in [5.41, 5.74) is -0.591. The zero-order valence-corrected chi connectivity index (χ0v) is 5.93. The van der Waals surface area contributed by atoms with Crippen LogP contribution >= 0.6 is 0 Å². The molecule has 0 radical (unpaired) electrons. The van der Waals surface area contributed by atoms with Crippen molar-refractivity contribution in [3.05, 3.63) is 0 Å². The molecule has 8 heavy (non-hydrogen) atoms. The lowest BCUT2D eigenvalue weighted by Crippen LogP contribution is -2.08. The molecule has 0 N–H and O–H groups in total. The molecule has 0 unspecified atom stereocenters. The average Bonchev–Trinajstić information content (AvgIpc) is 1.21. The Bertz CT molecular complexity index is 101. The molecule has 0 atom stereocenters. The van der Waals surface area contributed by atoms with Gasteiger partial charge in [-0.25, -0.2) is 4.36 Å². The van der Waals surface area contributed by atoms with Crippen LogP contribution in [-0.4, -0.2) is 5.54 Å². The third-order valence-electron chi connectivity index (χ3n) is 0.343. The number of rotatable bonds is 0. The van der Waals surface area contributed by atoms with Gasteiger partial charge in [0.2, 0.25) is 0 Å². The third kappa shape index (κ3) is 6.01. The number of hydrogen-bond donors (Lipinski definition) is 0. The Morgan fingerprint density at radius 2 is 1.62 bits per heavy atom. The normalized spacial score (nSPS) is 12.2. The maximum Gasteiger partial charge on any atom is 0.262 e. The minimum atomic E-state index is -2.76. The monoisotopic (exact) mass is 141 g/mol. The first kappa shape index (κ1) is 8.01. The fraction of sp³-hybridized carbons (Fsp3) is 1.00. The Balaban J connectivity index is 3.89. The zero-order chi connectivity index (χ0) is 6.78. The van der Waals surface area contributed by atoms with E-state index in [0.29, 0.717) is 0 Å². The third-order valence-corrected chi connectivity index (χ3v) is 1.03. The van der Waals surface area contributed by atoms with Crippen LogP contribution in [0.1, 0.15) is 20.8 Å².